The third kappa shape index (κ3) is 5.94. The first-order valence-corrected chi connectivity index (χ1v) is 20.2. The van der Waals surface area contributed by atoms with Crippen molar-refractivity contribution in [3.63, 3.8) is 0 Å². The number of aromatic nitrogens is 3. The number of pyridine rings is 1. The van der Waals surface area contributed by atoms with Crippen LogP contribution in [-0.4, -0.2) is 15.0 Å². The van der Waals surface area contributed by atoms with Crippen molar-refractivity contribution in [2.24, 2.45) is 0 Å². The van der Waals surface area contributed by atoms with Crippen molar-refractivity contribution in [2.75, 3.05) is 0 Å². The molecule has 2 aromatic heterocycles. The Hall–Kier alpha value is -7.49. The van der Waals surface area contributed by atoms with E-state index in [1.807, 2.05) is 30.5 Å². The van der Waals surface area contributed by atoms with Crippen molar-refractivity contribution in [2.45, 2.75) is 19.3 Å². The molecule has 0 spiro atoms. The Morgan fingerprint density at radius 1 is 0.373 bits per heavy atom. The van der Waals surface area contributed by atoms with E-state index in [1.165, 1.54) is 60.7 Å². The largest absolute Gasteiger partial charge is 0.264 e. The van der Waals surface area contributed by atoms with Gasteiger partial charge in [-0.25, -0.2) is 9.97 Å². The van der Waals surface area contributed by atoms with Gasteiger partial charge in [0.25, 0.3) is 0 Å². The molecule has 1 aliphatic carbocycles. The third-order valence-electron chi connectivity index (χ3n) is 12.2. The number of benzene rings is 8. The van der Waals surface area contributed by atoms with Crippen LogP contribution in [0.5, 0.6) is 0 Å². The van der Waals surface area contributed by atoms with E-state index in [9.17, 15) is 0 Å². The van der Waals surface area contributed by atoms with E-state index in [1.54, 1.807) is 6.20 Å². The fraction of sp³-hybridized carbons (Fsp3) is 0.0536. The highest BCUT2D eigenvalue weighted by Gasteiger charge is 2.37. The van der Waals surface area contributed by atoms with Crippen molar-refractivity contribution in [3.05, 3.63) is 212 Å². The Labute approximate surface area is 344 Å². The maximum Gasteiger partial charge on any atom is 0.160 e. The fourth-order valence-corrected chi connectivity index (χ4v) is 9.28. The smallest absolute Gasteiger partial charge is 0.160 e. The zero-order valence-electron chi connectivity index (χ0n) is 32.9. The van der Waals surface area contributed by atoms with Crippen LogP contribution < -0.4 is 0 Å². The van der Waals surface area contributed by atoms with Gasteiger partial charge < -0.3 is 0 Å². The number of fused-ring (bicyclic) bond motifs is 6. The van der Waals surface area contributed by atoms with E-state index in [0.717, 1.165) is 44.6 Å². The van der Waals surface area contributed by atoms with Crippen LogP contribution in [0.25, 0.3) is 100.0 Å². The van der Waals surface area contributed by atoms with Gasteiger partial charge in [0.2, 0.25) is 0 Å². The molecular weight excluding hydrogens is 715 g/mol. The monoisotopic (exact) mass is 753 g/mol. The molecule has 1 aliphatic rings. The molecule has 0 saturated heterocycles. The molecule has 3 nitrogen and oxygen atoms in total. The first-order valence-electron chi connectivity index (χ1n) is 20.2. The van der Waals surface area contributed by atoms with Gasteiger partial charge in [-0.1, -0.05) is 172 Å². The summed E-state index contributed by atoms with van der Waals surface area (Å²) >= 11 is 0. The molecule has 0 unspecified atom stereocenters. The molecule has 8 aromatic carbocycles. The highest BCUT2D eigenvalue weighted by atomic mass is 14.9. The average Bonchev–Trinajstić information content (AvgIpc) is 3.54. The van der Waals surface area contributed by atoms with Crippen molar-refractivity contribution < 1.29 is 0 Å². The molecule has 3 heteroatoms. The molecule has 59 heavy (non-hydrogen) atoms. The van der Waals surface area contributed by atoms with Crippen molar-refractivity contribution >= 4 is 21.5 Å². The van der Waals surface area contributed by atoms with Crippen LogP contribution in [0.1, 0.15) is 25.0 Å². The quantitative estimate of drug-likeness (QED) is 0.170. The Morgan fingerprint density at radius 3 is 1.80 bits per heavy atom. The predicted octanol–water partition coefficient (Wildman–Crippen LogP) is 14.5. The zero-order chi connectivity index (χ0) is 39.5. The van der Waals surface area contributed by atoms with Crippen LogP contribution in [0.2, 0.25) is 0 Å². The number of nitrogens with zero attached hydrogens (tertiary/aromatic N) is 3. The maximum absolute atomic E-state index is 5.24. The molecule has 10 aromatic rings. The second-order valence-corrected chi connectivity index (χ2v) is 16.0. The molecule has 0 amide bonds. The van der Waals surface area contributed by atoms with E-state index in [-0.39, 0.29) is 5.41 Å². The van der Waals surface area contributed by atoms with Gasteiger partial charge in [0.15, 0.2) is 5.82 Å². The minimum Gasteiger partial charge on any atom is -0.264 e. The Balaban J connectivity index is 1.01. The first kappa shape index (κ1) is 34.7. The second-order valence-electron chi connectivity index (χ2n) is 16.0. The predicted molar refractivity (Wildman–Crippen MR) is 245 cm³/mol. The summed E-state index contributed by atoms with van der Waals surface area (Å²) in [4.78, 5) is 14.7. The lowest BCUT2D eigenvalue weighted by molar-refractivity contribution is 0.666. The molecule has 0 fully saturated rings. The van der Waals surface area contributed by atoms with Crippen LogP contribution >= 0.6 is 0 Å². The van der Waals surface area contributed by atoms with Gasteiger partial charge in [0.05, 0.1) is 11.4 Å². The van der Waals surface area contributed by atoms with E-state index >= 15 is 0 Å². The minimum absolute atomic E-state index is 0.0806. The van der Waals surface area contributed by atoms with Gasteiger partial charge in [-0.3, -0.25) is 4.98 Å². The molecule has 0 aliphatic heterocycles. The first-order chi connectivity index (χ1) is 29.0. The molecule has 0 saturated carbocycles. The van der Waals surface area contributed by atoms with Crippen molar-refractivity contribution in [3.8, 4) is 78.4 Å². The van der Waals surface area contributed by atoms with Gasteiger partial charge >= 0.3 is 0 Å². The summed E-state index contributed by atoms with van der Waals surface area (Å²) in [6.45, 7) is 4.73. The molecule has 0 bridgehead atoms. The van der Waals surface area contributed by atoms with Gasteiger partial charge in [0.1, 0.15) is 0 Å². The standard InChI is InChI=1S/C56H39N3/c1-56(2)51-29-25-40(33-50(51)49-26-24-36-13-6-7-21-45(36)54(49)56)38-16-10-18-41(31-38)44-27-28-48(47-23-9-8-22-46(44)47)53-34-52(58-55(59-53)37-14-4-3-5-15-37)42-19-11-17-39(32-42)43-20-12-30-57-35-43/h3-35H,1-2H3. The normalized spacial score (nSPS) is 12.7. The van der Waals surface area contributed by atoms with Crippen molar-refractivity contribution in [1.29, 1.82) is 0 Å². The van der Waals surface area contributed by atoms with Gasteiger partial charge in [-0.2, -0.15) is 0 Å². The van der Waals surface area contributed by atoms with Crippen LogP contribution in [-0.2, 0) is 5.41 Å². The summed E-state index contributed by atoms with van der Waals surface area (Å²) in [6.07, 6.45) is 3.70. The Kier molecular flexibility index (Phi) is 8.16. The van der Waals surface area contributed by atoms with Crippen LogP contribution in [0, 0.1) is 0 Å². The van der Waals surface area contributed by atoms with Crippen LogP contribution in [0.4, 0.5) is 0 Å². The fourth-order valence-electron chi connectivity index (χ4n) is 9.28. The summed E-state index contributed by atoms with van der Waals surface area (Å²) in [6, 6.07) is 67.6. The summed E-state index contributed by atoms with van der Waals surface area (Å²) in [7, 11) is 0. The number of hydrogen-bond acceptors (Lipinski definition) is 3. The highest BCUT2D eigenvalue weighted by molar-refractivity contribution is 6.05. The van der Waals surface area contributed by atoms with E-state index in [2.05, 4.69) is 183 Å². The lowest BCUT2D eigenvalue weighted by atomic mass is 9.80. The van der Waals surface area contributed by atoms with Gasteiger partial charge in [-0.05, 0) is 102 Å². The summed E-state index contributed by atoms with van der Waals surface area (Å²) in [5, 5.41) is 4.96. The molecule has 2 heterocycles. The lowest BCUT2D eigenvalue weighted by Crippen LogP contribution is -2.15. The topological polar surface area (TPSA) is 38.7 Å². The van der Waals surface area contributed by atoms with E-state index in [0.29, 0.717) is 5.82 Å². The van der Waals surface area contributed by atoms with Gasteiger partial charge in [0, 0.05) is 40.1 Å². The SMILES string of the molecule is CC1(C)c2ccc(-c3cccc(-c4ccc(-c5cc(-c6cccc(-c7cccnc7)c6)nc(-c6ccccc6)n5)c5ccccc45)c3)cc2-c2ccc3ccccc3c21. The summed E-state index contributed by atoms with van der Waals surface area (Å²) in [5.74, 6) is 0.694. The van der Waals surface area contributed by atoms with Gasteiger partial charge in [-0.15, -0.1) is 0 Å². The third-order valence-corrected chi connectivity index (χ3v) is 12.2. The lowest BCUT2D eigenvalue weighted by Gasteiger charge is -2.23. The molecule has 0 radical (unpaired) electrons. The van der Waals surface area contributed by atoms with Crippen LogP contribution in [0.15, 0.2) is 200 Å². The summed E-state index contributed by atoms with van der Waals surface area (Å²) < 4.78 is 0. The summed E-state index contributed by atoms with van der Waals surface area (Å²) in [5.41, 5.74) is 17.2. The average molecular weight is 754 g/mol. The zero-order valence-corrected chi connectivity index (χ0v) is 32.9. The molecule has 278 valence electrons. The maximum atomic E-state index is 5.24. The Morgan fingerprint density at radius 2 is 0.983 bits per heavy atom. The molecule has 0 N–H and O–H groups in total. The van der Waals surface area contributed by atoms with Crippen molar-refractivity contribution in [1.82, 2.24) is 15.0 Å². The minimum atomic E-state index is -0.0806. The molecular formula is C56H39N3. The van der Waals surface area contributed by atoms with E-state index in [4.69, 9.17) is 9.97 Å². The van der Waals surface area contributed by atoms with E-state index < -0.39 is 0 Å². The Bertz CT molecular complexity index is 3240. The molecule has 0 atom stereocenters. The van der Waals surface area contributed by atoms with Crippen LogP contribution in [0.3, 0.4) is 0 Å². The number of hydrogen-bond donors (Lipinski definition) is 0. The molecule has 11 rings (SSSR count). The second kappa shape index (κ2) is 13.9. The highest BCUT2D eigenvalue weighted by Crippen LogP contribution is 2.52. The number of rotatable bonds is 6.